The van der Waals surface area contributed by atoms with Gasteiger partial charge < -0.3 is 18.6 Å². The number of carbonyl (C=O) groups excluding carboxylic acids is 1. The third-order valence-electron chi connectivity index (χ3n) is 3.90. The molecule has 0 aromatic rings. The second kappa shape index (κ2) is 8.93. The Morgan fingerprint density at radius 1 is 0.793 bits per heavy atom. The lowest BCUT2D eigenvalue weighted by molar-refractivity contribution is -0.392. The van der Waals surface area contributed by atoms with Crippen LogP contribution >= 0.6 is 0 Å². The number of hydrogen-bond donors (Lipinski definition) is 1. The molecule has 0 atom stereocenters. The normalized spacial score (nSPS) is 14.8. The quantitative estimate of drug-likeness (QED) is 0.269. The highest BCUT2D eigenvalue weighted by Crippen LogP contribution is 2.56. The average molecular weight is 471 g/mol. The summed E-state index contributed by atoms with van der Waals surface area (Å²) in [4.78, 5) is 11.3. The van der Waals surface area contributed by atoms with E-state index in [9.17, 15) is 48.7 Å². The van der Waals surface area contributed by atoms with Crippen molar-refractivity contribution in [2.75, 3.05) is 27.9 Å². The molecule has 5 nitrogen and oxygen atoms in total. The van der Waals surface area contributed by atoms with Crippen molar-refractivity contribution >= 4 is 14.7 Å². The van der Waals surface area contributed by atoms with Crippen molar-refractivity contribution in [3.8, 4) is 0 Å². The minimum absolute atomic E-state index is 0.130. The molecule has 0 spiro atoms. The van der Waals surface area contributed by atoms with Gasteiger partial charge in [-0.2, -0.15) is 43.9 Å². The van der Waals surface area contributed by atoms with Gasteiger partial charge in [-0.25, -0.2) is 0 Å². The van der Waals surface area contributed by atoms with E-state index in [0.717, 1.165) is 5.32 Å². The lowest BCUT2D eigenvalue weighted by Crippen LogP contribution is -2.69. The molecule has 0 aliphatic carbocycles. The van der Waals surface area contributed by atoms with Crippen LogP contribution in [0.15, 0.2) is 0 Å². The molecule has 0 saturated heterocycles. The highest BCUT2D eigenvalue weighted by Gasteiger charge is 2.86. The zero-order valence-corrected chi connectivity index (χ0v) is 16.5. The summed E-state index contributed by atoms with van der Waals surface area (Å²) < 4.78 is 147. The van der Waals surface area contributed by atoms with Crippen molar-refractivity contribution in [1.82, 2.24) is 5.32 Å². The zero-order chi connectivity index (χ0) is 23.5. The van der Waals surface area contributed by atoms with E-state index in [4.69, 9.17) is 13.3 Å². The first-order valence-electron chi connectivity index (χ1n) is 7.64. The van der Waals surface area contributed by atoms with Gasteiger partial charge in [0.25, 0.3) is 5.91 Å². The standard InChI is InChI=1S/C13H19F10NO4Si/c1-9(14,15)11(18,19)13(22,23)12(20,21)10(16,17)8(25)24-6-5-7-29(26-2,27-3)28-4/h5-7H2,1-4H3,(H,24,25). The Morgan fingerprint density at radius 3 is 1.55 bits per heavy atom. The third kappa shape index (κ3) is 4.96. The Bertz CT molecular complexity index is 558. The minimum atomic E-state index is -7.26. The first kappa shape index (κ1) is 27.9. The fraction of sp³-hybridized carbons (Fsp3) is 0.923. The summed E-state index contributed by atoms with van der Waals surface area (Å²) in [5.74, 6) is -36.6. The van der Waals surface area contributed by atoms with Crippen LogP contribution in [-0.4, -0.2) is 72.2 Å². The van der Waals surface area contributed by atoms with Gasteiger partial charge in [0.05, 0.1) is 0 Å². The summed E-state index contributed by atoms with van der Waals surface area (Å²) in [6.07, 6.45) is -0.283. The van der Waals surface area contributed by atoms with Crippen LogP contribution in [-0.2, 0) is 18.1 Å². The van der Waals surface area contributed by atoms with E-state index in [1.54, 1.807) is 0 Å². The first-order valence-corrected chi connectivity index (χ1v) is 9.57. The molecule has 0 aliphatic rings. The molecule has 0 aliphatic heterocycles. The molecule has 1 amide bonds. The number of carbonyl (C=O) groups is 1. The molecule has 0 radical (unpaired) electrons. The van der Waals surface area contributed by atoms with Crippen LogP contribution in [0, 0.1) is 0 Å². The van der Waals surface area contributed by atoms with E-state index in [0.29, 0.717) is 0 Å². The fourth-order valence-electron chi connectivity index (χ4n) is 1.99. The average Bonchev–Trinajstić information content (AvgIpc) is 2.60. The molecule has 29 heavy (non-hydrogen) atoms. The maximum Gasteiger partial charge on any atom is 0.500 e. The van der Waals surface area contributed by atoms with Crippen molar-refractivity contribution in [3.05, 3.63) is 0 Å². The zero-order valence-electron chi connectivity index (χ0n) is 15.5. The highest BCUT2D eigenvalue weighted by atomic mass is 28.4. The third-order valence-corrected chi connectivity index (χ3v) is 6.73. The Morgan fingerprint density at radius 2 is 1.21 bits per heavy atom. The largest absolute Gasteiger partial charge is 0.500 e. The van der Waals surface area contributed by atoms with Crippen LogP contribution in [0.3, 0.4) is 0 Å². The summed E-state index contributed by atoms with van der Waals surface area (Å²) in [6.45, 7) is -1.67. The van der Waals surface area contributed by atoms with Gasteiger partial charge in [-0.05, 0) is 6.42 Å². The van der Waals surface area contributed by atoms with Gasteiger partial charge in [-0.3, -0.25) is 4.79 Å². The molecular weight excluding hydrogens is 452 g/mol. The maximum absolute atomic E-state index is 13.6. The Balaban J connectivity index is 5.38. The van der Waals surface area contributed by atoms with Gasteiger partial charge in [-0.1, -0.05) is 0 Å². The van der Waals surface area contributed by atoms with Crippen LogP contribution in [0.25, 0.3) is 0 Å². The molecule has 0 saturated carbocycles. The molecule has 0 fully saturated rings. The van der Waals surface area contributed by atoms with Gasteiger partial charge >= 0.3 is 38.4 Å². The second-order valence-electron chi connectivity index (χ2n) is 5.84. The van der Waals surface area contributed by atoms with Gasteiger partial charge in [0, 0.05) is 40.8 Å². The van der Waals surface area contributed by atoms with Gasteiger partial charge in [0.15, 0.2) is 0 Å². The summed E-state index contributed by atoms with van der Waals surface area (Å²) in [5.41, 5.74) is 0. The van der Waals surface area contributed by atoms with E-state index in [-0.39, 0.29) is 12.5 Å². The van der Waals surface area contributed by atoms with Crippen molar-refractivity contribution in [1.29, 1.82) is 0 Å². The summed E-state index contributed by atoms with van der Waals surface area (Å²) >= 11 is 0. The number of rotatable bonds is 12. The van der Waals surface area contributed by atoms with E-state index in [2.05, 4.69) is 0 Å². The van der Waals surface area contributed by atoms with Crippen LogP contribution in [0.4, 0.5) is 43.9 Å². The van der Waals surface area contributed by atoms with Crippen molar-refractivity contribution in [2.24, 2.45) is 0 Å². The number of nitrogens with one attached hydrogen (secondary N) is 1. The number of amides is 1. The molecule has 0 unspecified atom stereocenters. The van der Waals surface area contributed by atoms with Crippen LogP contribution < -0.4 is 5.32 Å². The molecular formula is C13H19F10NO4Si. The summed E-state index contributed by atoms with van der Waals surface area (Å²) in [7, 11) is 0.299. The molecule has 0 heterocycles. The Hall–Kier alpha value is -1.13. The van der Waals surface area contributed by atoms with E-state index >= 15 is 0 Å². The molecule has 0 bridgehead atoms. The van der Waals surface area contributed by atoms with E-state index < -0.39 is 57.8 Å². The van der Waals surface area contributed by atoms with E-state index in [1.165, 1.54) is 21.3 Å². The van der Waals surface area contributed by atoms with Gasteiger partial charge in [0.2, 0.25) is 0 Å². The molecule has 0 aromatic heterocycles. The maximum atomic E-state index is 13.6. The highest BCUT2D eigenvalue weighted by molar-refractivity contribution is 6.60. The number of hydrogen-bond acceptors (Lipinski definition) is 4. The second-order valence-corrected chi connectivity index (χ2v) is 8.93. The lowest BCUT2D eigenvalue weighted by atomic mass is 9.94. The minimum Gasteiger partial charge on any atom is -0.377 e. The Labute approximate surface area is 160 Å². The van der Waals surface area contributed by atoms with Crippen LogP contribution in [0.5, 0.6) is 0 Å². The van der Waals surface area contributed by atoms with Gasteiger partial charge in [-0.15, -0.1) is 0 Å². The summed E-state index contributed by atoms with van der Waals surface area (Å²) in [5, 5.41) is 1.16. The smallest absolute Gasteiger partial charge is 0.377 e. The van der Waals surface area contributed by atoms with Crippen molar-refractivity contribution in [3.63, 3.8) is 0 Å². The SMILES string of the molecule is CO[Si](CCCNC(=O)C(F)(F)C(F)(F)C(F)(F)C(F)(F)C(C)(F)F)(OC)OC. The predicted octanol–water partition coefficient (Wildman–Crippen LogP) is 3.57. The van der Waals surface area contributed by atoms with Crippen molar-refractivity contribution < 1.29 is 62.0 Å². The molecule has 1 N–H and O–H groups in total. The molecule has 0 aromatic carbocycles. The van der Waals surface area contributed by atoms with Gasteiger partial charge in [0.1, 0.15) is 0 Å². The van der Waals surface area contributed by atoms with Crippen LogP contribution in [0.2, 0.25) is 6.04 Å². The molecule has 0 rings (SSSR count). The topological polar surface area (TPSA) is 56.8 Å². The predicted molar refractivity (Wildman–Crippen MR) is 79.6 cm³/mol. The summed E-state index contributed by atoms with van der Waals surface area (Å²) in [6, 6.07) is -0.130. The first-order chi connectivity index (χ1) is 12.8. The molecule has 174 valence electrons. The monoisotopic (exact) mass is 471 g/mol. The number of alkyl halides is 10. The fourth-order valence-corrected chi connectivity index (χ4v) is 3.71. The lowest BCUT2D eigenvalue weighted by Gasteiger charge is -2.37. The molecule has 16 heteroatoms. The Kier molecular flexibility index (Phi) is 8.58. The van der Waals surface area contributed by atoms with Crippen LogP contribution in [0.1, 0.15) is 13.3 Å². The van der Waals surface area contributed by atoms with Crippen molar-refractivity contribution in [2.45, 2.75) is 49.0 Å². The number of halogens is 10. The van der Waals surface area contributed by atoms with E-state index in [1.807, 2.05) is 0 Å².